The van der Waals surface area contributed by atoms with Gasteiger partial charge in [-0.3, -0.25) is 0 Å². The highest BCUT2D eigenvalue weighted by Crippen LogP contribution is 2.43. The maximum absolute atomic E-state index is 4.24. The van der Waals surface area contributed by atoms with E-state index >= 15 is 0 Å². The molecule has 1 aliphatic heterocycles. The number of allylic oxidation sites excluding steroid dienone is 1. The Kier molecular flexibility index (Phi) is 4.04. The van der Waals surface area contributed by atoms with Crippen molar-refractivity contribution in [2.75, 3.05) is 31.6 Å². The zero-order valence-corrected chi connectivity index (χ0v) is 15.5. The lowest BCUT2D eigenvalue weighted by molar-refractivity contribution is 0.293. The number of hydrogen-bond acceptors (Lipinski definition) is 2. The quantitative estimate of drug-likeness (QED) is 0.674. The Hall–Kier alpha value is -2.26. The Morgan fingerprint density at radius 1 is 1.04 bits per heavy atom. The molecule has 1 aliphatic rings. The summed E-state index contributed by atoms with van der Waals surface area (Å²) >= 11 is 0. The van der Waals surface area contributed by atoms with Crippen molar-refractivity contribution in [3.05, 3.63) is 54.2 Å². The van der Waals surface area contributed by atoms with Crippen LogP contribution < -0.4 is 4.90 Å². The Balaban J connectivity index is 1.92. The zero-order valence-electron chi connectivity index (χ0n) is 15.5. The Morgan fingerprint density at radius 2 is 1.80 bits per heavy atom. The van der Waals surface area contributed by atoms with Crippen LogP contribution in [0.15, 0.2) is 48.7 Å². The molecule has 3 aromatic rings. The number of aromatic nitrogens is 1. The molecule has 130 valence electrons. The Labute approximate surface area is 150 Å². The minimum absolute atomic E-state index is 0.959. The average molecular weight is 333 g/mol. The van der Waals surface area contributed by atoms with Gasteiger partial charge in [0.05, 0.1) is 11.2 Å². The number of benzene rings is 2. The van der Waals surface area contributed by atoms with E-state index in [0.29, 0.717) is 0 Å². The number of nitrogens with zero attached hydrogens (tertiary/aromatic N) is 3. The van der Waals surface area contributed by atoms with Crippen LogP contribution in [0.3, 0.4) is 0 Å². The van der Waals surface area contributed by atoms with Crippen molar-refractivity contribution >= 4 is 27.5 Å². The van der Waals surface area contributed by atoms with Crippen LogP contribution in [0.5, 0.6) is 0 Å². The van der Waals surface area contributed by atoms with Gasteiger partial charge in [-0.1, -0.05) is 44.7 Å². The molecule has 0 atom stereocenters. The molecule has 3 nitrogen and oxygen atoms in total. The maximum atomic E-state index is 4.24. The van der Waals surface area contributed by atoms with Crippen LogP contribution >= 0.6 is 0 Å². The molecule has 4 rings (SSSR count). The third-order valence-corrected chi connectivity index (χ3v) is 5.73. The fraction of sp³-hybridized carbons (Fsp3) is 0.364. The topological polar surface area (TPSA) is 11.4 Å². The highest BCUT2D eigenvalue weighted by molar-refractivity contribution is 6.15. The summed E-state index contributed by atoms with van der Waals surface area (Å²) in [6, 6.07) is 13.4. The SMILES string of the molecule is C=C1Cc2ccc3c(c2N1C)c1ccccc1n3CCN(CC)CC. The molecule has 0 amide bonds. The van der Waals surface area contributed by atoms with E-state index in [9.17, 15) is 0 Å². The van der Waals surface area contributed by atoms with Crippen molar-refractivity contribution in [3.63, 3.8) is 0 Å². The van der Waals surface area contributed by atoms with E-state index in [1.54, 1.807) is 0 Å². The molecule has 3 heteroatoms. The molecule has 0 bridgehead atoms. The number of likely N-dealkylation sites (N-methyl/N-ethyl adjacent to an activating group) is 2. The number of fused-ring (bicyclic) bond motifs is 5. The average Bonchev–Trinajstić information content (AvgIpc) is 3.11. The van der Waals surface area contributed by atoms with Crippen molar-refractivity contribution in [3.8, 4) is 0 Å². The number of para-hydroxylation sites is 1. The molecule has 1 aromatic heterocycles. The van der Waals surface area contributed by atoms with Gasteiger partial charge >= 0.3 is 0 Å². The summed E-state index contributed by atoms with van der Waals surface area (Å²) in [4.78, 5) is 4.76. The molecular weight excluding hydrogens is 306 g/mol. The minimum atomic E-state index is 0.959. The smallest absolute Gasteiger partial charge is 0.0543 e. The van der Waals surface area contributed by atoms with Gasteiger partial charge in [-0.05, 0) is 30.8 Å². The predicted molar refractivity (Wildman–Crippen MR) is 108 cm³/mol. The van der Waals surface area contributed by atoms with Crippen molar-refractivity contribution in [1.29, 1.82) is 0 Å². The standard InChI is InChI=1S/C22H27N3/c1-5-24(6-2)13-14-25-19-10-8-7-9-18(19)21-20(25)12-11-17-15-16(3)23(4)22(17)21/h7-12H,3,5-6,13-15H2,1-2,4H3. The zero-order chi connectivity index (χ0) is 17.6. The van der Waals surface area contributed by atoms with Crippen LogP contribution in [0.4, 0.5) is 5.69 Å². The van der Waals surface area contributed by atoms with Crippen LogP contribution in [0.25, 0.3) is 21.8 Å². The fourth-order valence-electron chi connectivity index (χ4n) is 4.21. The second-order valence-corrected chi connectivity index (χ2v) is 6.97. The van der Waals surface area contributed by atoms with Crippen LogP contribution in [0.1, 0.15) is 19.4 Å². The van der Waals surface area contributed by atoms with E-state index in [-0.39, 0.29) is 0 Å². The van der Waals surface area contributed by atoms with Gasteiger partial charge in [0.2, 0.25) is 0 Å². The normalized spacial score (nSPS) is 14.2. The lowest BCUT2D eigenvalue weighted by atomic mass is 10.1. The predicted octanol–water partition coefficient (Wildman–Crippen LogP) is 4.64. The lowest BCUT2D eigenvalue weighted by Gasteiger charge is -2.19. The first-order valence-corrected chi connectivity index (χ1v) is 9.32. The molecule has 0 unspecified atom stereocenters. The molecule has 0 aliphatic carbocycles. The second-order valence-electron chi connectivity index (χ2n) is 6.97. The molecule has 0 saturated carbocycles. The molecule has 25 heavy (non-hydrogen) atoms. The van der Waals surface area contributed by atoms with Gasteiger partial charge in [-0.15, -0.1) is 0 Å². The summed E-state index contributed by atoms with van der Waals surface area (Å²) < 4.78 is 2.50. The van der Waals surface area contributed by atoms with Crippen molar-refractivity contribution < 1.29 is 0 Å². The summed E-state index contributed by atoms with van der Waals surface area (Å²) in [5, 5.41) is 2.74. The van der Waals surface area contributed by atoms with Gasteiger partial charge in [0.25, 0.3) is 0 Å². The van der Waals surface area contributed by atoms with Crippen molar-refractivity contribution in [2.45, 2.75) is 26.8 Å². The summed E-state index contributed by atoms with van der Waals surface area (Å²) in [6.45, 7) is 13.0. The third-order valence-electron chi connectivity index (χ3n) is 5.73. The first-order chi connectivity index (χ1) is 12.2. The van der Waals surface area contributed by atoms with E-state index in [1.807, 2.05) is 0 Å². The van der Waals surface area contributed by atoms with E-state index in [0.717, 1.165) is 32.6 Å². The first kappa shape index (κ1) is 16.2. The van der Waals surface area contributed by atoms with Crippen LogP contribution in [-0.4, -0.2) is 36.1 Å². The molecule has 0 N–H and O–H groups in total. The lowest BCUT2D eigenvalue weighted by Crippen LogP contribution is -2.26. The highest BCUT2D eigenvalue weighted by Gasteiger charge is 2.25. The Bertz CT molecular complexity index is 947. The molecule has 0 spiro atoms. The summed E-state index contributed by atoms with van der Waals surface area (Å²) in [6.07, 6.45) is 0.959. The molecule has 0 fully saturated rings. The van der Waals surface area contributed by atoms with Gasteiger partial charge in [0, 0.05) is 48.5 Å². The van der Waals surface area contributed by atoms with E-state index in [4.69, 9.17) is 0 Å². The minimum Gasteiger partial charge on any atom is -0.348 e. The molecule has 2 aromatic carbocycles. The van der Waals surface area contributed by atoms with Crippen LogP contribution in [0, 0.1) is 0 Å². The van der Waals surface area contributed by atoms with Gasteiger partial charge in [0.15, 0.2) is 0 Å². The van der Waals surface area contributed by atoms with E-state index in [2.05, 4.69) is 78.2 Å². The number of hydrogen-bond donors (Lipinski definition) is 0. The largest absolute Gasteiger partial charge is 0.348 e. The molecule has 2 heterocycles. The van der Waals surface area contributed by atoms with Crippen LogP contribution in [0.2, 0.25) is 0 Å². The fourth-order valence-corrected chi connectivity index (χ4v) is 4.21. The van der Waals surface area contributed by atoms with E-state index in [1.165, 1.54) is 38.8 Å². The third kappa shape index (κ3) is 2.46. The number of anilines is 1. The molecule has 0 saturated heterocycles. The summed E-state index contributed by atoms with van der Waals surface area (Å²) in [7, 11) is 2.15. The summed E-state index contributed by atoms with van der Waals surface area (Å²) in [5.74, 6) is 0. The Morgan fingerprint density at radius 3 is 2.56 bits per heavy atom. The van der Waals surface area contributed by atoms with Gasteiger partial charge < -0.3 is 14.4 Å². The highest BCUT2D eigenvalue weighted by atomic mass is 15.2. The summed E-state index contributed by atoms with van der Waals surface area (Å²) in [5.41, 5.74) is 6.60. The van der Waals surface area contributed by atoms with Gasteiger partial charge in [0.1, 0.15) is 0 Å². The van der Waals surface area contributed by atoms with Crippen molar-refractivity contribution in [2.24, 2.45) is 0 Å². The maximum Gasteiger partial charge on any atom is 0.0543 e. The molecular formula is C22H27N3. The van der Waals surface area contributed by atoms with Crippen LogP contribution in [-0.2, 0) is 13.0 Å². The number of rotatable bonds is 5. The van der Waals surface area contributed by atoms with Gasteiger partial charge in [-0.25, -0.2) is 0 Å². The van der Waals surface area contributed by atoms with Crippen molar-refractivity contribution in [1.82, 2.24) is 9.47 Å². The molecule has 0 radical (unpaired) electrons. The first-order valence-electron chi connectivity index (χ1n) is 9.32. The van der Waals surface area contributed by atoms with Gasteiger partial charge in [-0.2, -0.15) is 0 Å². The second kappa shape index (κ2) is 6.23. The van der Waals surface area contributed by atoms with E-state index < -0.39 is 0 Å². The monoisotopic (exact) mass is 333 g/mol.